The van der Waals surface area contributed by atoms with Crippen molar-refractivity contribution in [2.75, 3.05) is 33.7 Å². The van der Waals surface area contributed by atoms with E-state index < -0.39 is 11.4 Å². The van der Waals surface area contributed by atoms with Gasteiger partial charge in [-0.15, -0.1) is 0 Å². The summed E-state index contributed by atoms with van der Waals surface area (Å²) >= 11 is 0. The van der Waals surface area contributed by atoms with Gasteiger partial charge in [0, 0.05) is 40.2 Å². The molecule has 0 aromatic rings. The molecule has 1 atom stereocenters. The van der Waals surface area contributed by atoms with E-state index in [1.165, 1.54) is 4.90 Å². The van der Waals surface area contributed by atoms with Gasteiger partial charge in [-0.1, -0.05) is 6.92 Å². The molecule has 0 aromatic carbocycles. The Bertz CT molecular complexity index is 413. The van der Waals surface area contributed by atoms with Gasteiger partial charge in [0.05, 0.1) is 5.41 Å². The van der Waals surface area contributed by atoms with Crippen LogP contribution in [0, 0.1) is 5.41 Å². The van der Waals surface area contributed by atoms with E-state index in [1.807, 2.05) is 6.92 Å². The normalized spacial score (nSPS) is 21.8. The van der Waals surface area contributed by atoms with Gasteiger partial charge in [0.2, 0.25) is 5.91 Å². The number of rotatable bonds is 5. The Morgan fingerprint density at radius 3 is 2.57 bits per heavy atom. The number of hydrogen-bond donors (Lipinski definition) is 2. The number of urea groups is 1. The third-order valence-corrected chi connectivity index (χ3v) is 4.26. The molecule has 120 valence electrons. The molecular formula is C14H25N3O4. The van der Waals surface area contributed by atoms with Gasteiger partial charge >= 0.3 is 12.0 Å². The van der Waals surface area contributed by atoms with Crippen LogP contribution in [0.4, 0.5) is 4.79 Å². The summed E-state index contributed by atoms with van der Waals surface area (Å²) in [6.45, 7) is 2.97. The van der Waals surface area contributed by atoms with Crippen molar-refractivity contribution in [3.8, 4) is 0 Å². The monoisotopic (exact) mass is 299 g/mol. The number of aliphatic carboxylic acids is 1. The fraction of sp³-hybridized carbons (Fsp3) is 0.786. The second kappa shape index (κ2) is 7.28. The third kappa shape index (κ3) is 4.09. The summed E-state index contributed by atoms with van der Waals surface area (Å²) in [5.74, 6) is -0.961. The van der Waals surface area contributed by atoms with E-state index in [9.17, 15) is 19.5 Å². The predicted octanol–water partition coefficient (Wildman–Crippen LogP) is 0.751. The topological polar surface area (TPSA) is 90.0 Å². The largest absolute Gasteiger partial charge is 0.481 e. The van der Waals surface area contributed by atoms with E-state index in [1.54, 1.807) is 19.0 Å². The van der Waals surface area contributed by atoms with Crippen molar-refractivity contribution >= 4 is 17.9 Å². The maximum atomic E-state index is 12.4. The van der Waals surface area contributed by atoms with Crippen LogP contribution in [0.2, 0.25) is 0 Å². The fourth-order valence-corrected chi connectivity index (χ4v) is 2.64. The molecular weight excluding hydrogens is 274 g/mol. The van der Waals surface area contributed by atoms with Crippen LogP contribution in [0.1, 0.15) is 32.6 Å². The summed E-state index contributed by atoms with van der Waals surface area (Å²) < 4.78 is 0. The lowest BCUT2D eigenvalue weighted by molar-refractivity contribution is -0.152. The van der Waals surface area contributed by atoms with E-state index in [0.717, 1.165) is 0 Å². The summed E-state index contributed by atoms with van der Waals surface area (Å²) in [7, 11) is 3.19. The molecule has 0 aromatic heterocycles. The lowest BCUT2D eigenvalue weighted by atomic mass is 9.78. The maximum Gasteiger partial charge on any atom is 0.319 e. The lowest BCUT2D eigenvalue weighted by Gasteiger charge is -2.40. The summed E-state index contributed by atoms with van der Waals surface area (Å²) in [6.07, 6.45) is 2.04. The molecule has 7 nitrogen and oxygen atoms in total. The highest BCUT2D eigenvalue weighted by atomic mass is 16.4. The molecule has 0 spiro atoms. The van der Waals surface area contributed by atoms with Crippen molar-refractivity contribution in [3.05, 3.63) is 0 Å². The van der Waals surface area contributed by atoms with Crippen LogP contribution >= 0.6 is 0 Å². The maximum absolute atomic E-state index is 12.4. The number of piperidine rings is 1. The van der Waals surface area contributed by atoms with Gasteiger partial charge in [-0.2, -0.15) is 0 Å². The molecule has 1 rings (SSSR count). The second-order valence-electron chi connectivity index (χ2n) is 5.59. The molecule has 21 heavy (non-hydrogen) atoms. The summed E-state index contributed by atoms with van der Waals surface area (Å²) in [6, 6.07) is -0.210. The minimum atomic E-state index is -0.838. The first-order chi connectivity index (χ1) is 9.86. The van der Waals surface area contributed by atoms with Gasteiger partial charge in [-0.05, 0) is 19.3 Å². The highest BCUT2D eigenvalue weighted by Crippen LogP contribution is 2.33. The number of likely N-dealkylation sites (tertiary alicyclic amines) is 1. The molecule has 3 amide bonds. The number of amides is 3. The van der Waals surface area contributed by atoms with Gasteiger partial charge in [0.25, 0.3) is 0 Å². The van der Waals surface area contributed by atoms with Crippen molar-refractivity contribution in [3.63, 3.8) is 0 Å². The number of hydrogen-bond acceptors (Lipinski definition) is 3. The Morgan fingerprint density at radius 1 is 1.38 bits per heavy atom. The van der Waals surface area contributed by atoms with Crippen LogP contribution in [0.25, 0.3) is 0 Å². The average molecular weight is 299 g/mol. The first-order valence-corrected chi connectivity index (χ1v) is 7.30. The minimum absolute atomic E-state index is 0.123. The molecule has 1 aliphatic rings. The Kier molecular flexibility index (Phi) is 5.99. The highest BCUT2D eigenvalue weighted by molar-refractivity contribution is 5.80. The SMILES string of the molecule is CCC1(C(=O)O)CCCN(C(=O)N(C)CCC(=O)NC)C1. The van der Waals surface area contributed by atoms with Crippen LogP contribution in [0.15, 0.2) is 0 Å². The number of carboxylic acids is 1. The first-order valence-electron chi connectivity index (χ1n) is 7.30. The minimum Gasteiger partial charge on any atom is -0.481 e. The molecule has 1 aliphatic heterocycles. The molecule has 7 heteroatoms. The molecule has 0 aliphatic carbocycles. The first kappa shape index (κ1) is 17.3. The van der Waals surface area contributed by atoms with E-state index in [0.29, 0.717) is 32.4 Å². The van der Waals surface area contributed by atoms with Crippen molar-refractivity contribution < 1.29 is 19.5 Å². The molecule has 0 radical (unpaired) electrons. The highest BCUT2D eigenvalue weighted by Gasteiger charge is 2.42. The molecule has 1 unspecified atom stereocenters. The van der Waals surface area contributed by atoms with E-state index in [2.05, 4.69) is 5.32 Å². The van der Waals surface area contributed by atoms with E-state index >= 15 is 0 Å². The number of carbonyl (C=O) groups excluding carboxylic acids is 2. The standard InChI is InChI=1S/C14H25N3O4/c1-4-14(12(19)20)7-5-8-17(10-14)13(21)16(3)9-6-11(18)15-2/h4-10H2,1-3H3,(H,15,18)(H,19,20). The zero-order valence-corrected chi connectivity index (χ0v) is 13.0. The van der Waals surface area contributed by atoms with Crippen LogP contribution in [0.5, 0.6) is 0 Å². The van der Waals surface area contributed by atoms with Crippen molar-refractivity contribution in [1.82, 2.24) is 15.1 Å². The van der Waals surface area contributed by atoms with Gasteiger partial charge in [-0.25, -0.2) is 4.79 Å². The molecule has 0 saturated carbocycles. The van der Waals surface area contributed by atoms with Crippen LogP contribution in [-0.2, 0) is 9.59 Å². The lowest BCUT2D eigenvalue weighted by Crippen LogP contribution is -2.53. The van der Waals surface area contributed by atoms with Crippen LogP contribution in [0.3, 0.4) is 0 Å². The zero-order valence-electron chi connectivity index (χ0n) is 13.0. The predicted molar refractivity (Wildman–Crippen MR) is 77.9 cm³/mol. The third-order valence-electron chi connectivity index (χ3n) is 4.26. The van der Waals surface area contributed by atoms with Crippen molar-refractivity contribution in [2.45, 2.75) is 32.6 Å². The molecule has 2 N–H and O–H groups in total. The number of carboxylic acid groups (broad SMARTS) is 1. The van der Waals surface area contributed by atoms with E-state index in [-0.39, 0.29) is 24.9 Å². The summed E-state index contributed by atoms with van der Waals surface area (Å²) in [4.78, 5) is 38.1. The van der Waals surface area contributed by atoms with Crippen molar-refractivity contribution in [1.29, 1.82) is 0 Å². The van der Waals surface area contributed by atoms with Gasteiger partial charge in [-0.3, -0.25) is 9.59 Å². The Balaban J connectivity index is 2.65. The van der Waals surface area contributed by atoms with Crippen molar-refractivity contribution in [2.24, 2.45) is 5.41 Å². The number of nitrogens with one attached hydrogen (secondary N) is 1. The molecule has 0 bridgehead atoms. The van der Waals surface area contributed by atoms with Gasteiger partial charge < -0.3 is 20.2 Å². The van der Waals surface area contributed by atoms with Gasteiger partial charge in [0.15, 0.2) is 0 Å². The molecule has 1 saturated heterocycles. The van der Waals surface area contributed by atoms with Gasteiger partial charge in [0.1, 0.15) is 0 Å². The Hall–Kier alpha value is -1.79. The number of carbonyl (C=O) groups is 3. The second-order valence-corrected chi connectivity index (χ2v) is 5.59. The molecule has 1 heterocycles. The Labute approximate surface area is 125 Å². The average Bonchev–Trinajstić information content (AvgIpc) is 2.51. The molecule has 1 fully saturated rings. The van der Waals surface area contributed by atoms with E-state index in [4.69, 9.17) is 0 Å². The smallest absolute Gasteiger partial charge is 0.319 e. The number of nitrogens with zero attached hydrogens (tertiary/aromatic N) is 2. The Morgan fingerprint density at radius 2 is 2.05 bits per heavy atom. The zero-order chi connectivity index (χ0) is 16.0. The van der Waals surface area contributed by atoms with Crippen LogP contribution < -0.4 is 5.32 Å². The fourth-order valence-electron chi connectivity index (χ4n) is 2.64. The van der Waals surface area contributed by atoms with Crippen LogP contribution in [-0.4, -0.2) is 66.5 Å². The quantitative estimate of drug-likeness (QED) is 0.784. The summed E-state index contributed by atoms with van der Waals surface area (Å²) in [5.41, 5.74) is -0.838. The summed E-state index contributed by atoms with van der Waals surface area (Å²) in [5, 5.41) is 11.9.